The second kappa shape index (κ2) is 5.41. The molecule has 2 rings (SSSR count). The zero-order valence-electron chi connectivity index (χ0n) is 9.22. The van der Waals surface area contributed by atoms with Gasteiger partial charge in [-0.1, -0.05) is 0 Å². The fourth-order valence-corrected chi connectivity index (χ4v) is 2.79. The van der Waals surface area contributed by atoms with Gasteiger partial charge in [0.25, 0.3) is 0 Å². The number of hydrogen-bond acceptors (Lipinski definition) is 4. The number of carboxylic acids is 1. The molecule has 4 nitrogen and oxygen atoms in total. The highest BCUT2D eigenvalue weighted by molar-refractivity contribution is 9.10. The smallest absolute Gasteiger partial charge is 0.339 e. The van der Waals surface area contributed by atoms with E-state index in [9.17, 15) is 4.79 Å². The van der Waals surface area contributed by atoms with Gasteiger partial charge in [0.1, 0.15) is 17.9 Å². The average molecular weight is 328 g/mol. The minimum absolute atomic E-state index is 0.0719. The summed E-state index contributed by atoms with van der Waals surface area (Å²) in [5, 5.41) is 11.0. The van der Waals surface area contributed by atoms with Crippen molar-refractivity contribution in [1.82, 2.24) is 0 Å². The third kappa shape index (κ3) is 2.83. The fraction of sp³-hybridized carbons (Fsp3) is 0.0833. The van der Waals surface area contributed by atoms with E-state index in [4.69, 9.17) is 15.6 Å². The zero-order chi connectivity index (χ0) is 13.1. The normalized spacial score (nSPS) is 10.3. The molecule has 1 aromatic heterocycles. The van der Waals surface area contributed by atoms with Crippen molar-refractivity contribution in [1.29, 1.82) is 0 Å². The van der Waals surface area contributed by atoms with Crippen LogP contribution in [0.25, 0.3) is 0 Å². The Morgan fingerprint density at radius 1 is 1.44 bits per heavy atom. The lowest BCUT2D eigenvalue weighted by Gasteiger charge is -2.09. The standard InChI is InChI=1S/C12H10BrNO3S/c13-9-3-4-18-11(9)6-17-10-2-1-7(14)5-8(10)12(15)16/h1-5H,6,14H2,(H,15,16). The van der Waals surface area contributed by atoms with Crippen LogP contribution in [-0.4, -0.2) is 11.1 Å². The van der Waals surface area contributed by atoms with E-state index in [-0.39, 0.29) is 5.56 Å². The van der Waals surface area contributed by atoms with Gasteiger partial charge in [-0.2, -0.15) is 0 Å². The number of nitrogens with two attached hydrogens (primary N) is 1. The van der Waals surface area contributed by atoms with Crippen LogP contribution in [0.15, 0.2) is 34.1 Å². The number of anilines is 1. The molecule has 6 heteroatoms. The molecule has 0 spiro atoms. The van der Waals surface area contributed by atoms with Crippen molar-refractivity contribution in [2.45, 2.75) is 6.61 Å². The number of thiophene rings is 1. The van der Waals surface area contributed by atoms with Crippen LogP contribution in [0.2, 0.25) is 0 Å². The summed E-state index contributed by atoms with van der Waals surface area (Å²) in [6.45, 7) is 0.322. The van der Waals surface area contributed by atoms with E-state index in [0.29, 0.717) is 18.0 Å². The van der Waals surface area contributed by atoms with Crippen molar-refractivity contribution in [3.05, 3.63) is 44.6 Å². The molecule has 0 unspecified atom stereocenters. The van der Waals surface area contributed by atoms with Gasteiger partial charge < -0.3 is 15.6 Å². The van der Waals surface area contributed by atoms with Crippen LogP contribution >= 0.6 is 27.3 Å². The molecule has 0 aliphatic rings. The predicted molar refractivity (Wildman–Crippen MR) is 74.2 cm³/mol. The molecule has 0 amide bonds. The Balaban J connectivity index is 2.19. The van der Waals surface area contributed by atoms with Crippen LogP contribution in [-0.2, 0) is 6.61 Å². The van der Waals surface area contributed by atoms with Gasteiger partial charge in [0.15, 0.2) is 0 Å². The summed E-state index contributed by atoms with van der Waals surface area (Å²) in [6.07, 6.45) is 0. The maximum Gasteiger partial charge on any atom is 0.339 e. The maximum absolute atomic E-state index is 11.1. The number of rotatable bonds is 4. The molecule has 3 N–H and O–H groups in total. The highest BCUT2D eigenvalue weighted by atomic mass is 79.9. The molecule has 0 saturated carbocycles. The summed E-state index contributed by atoms with van der Waals surface area (Å²) < 4.78 is 6.48. The minimum atomic E-state index is -1.05. The molecular weight excluding hydrogens is 318 g/mol. The molecular formula is C12H10BrNO3S. The molecule has 0 saturated heterocycles. The Bertz CT molecular complexity index is 582. The lowest BCUT2D eigenvalue weighted by molar-refractivity contribution is 0.0692. The lowest BCUT2D eigenvalue weighted by atomic mass is 10.2. The summed E-state index contributed by atoms with van der Waals surface area (Å²) in [4.78, 5) is 12.1. The van der Waals surface area contributed by atoms with Crippen LogP contribution < -0.4 is 10.5 Å². The van der Waals surface area contributed by atoms with Crippen molar-refractivity contribution in [3.8, 4) is 5.75 Å². The topological polar surface area (TPSA) is 72.5 Å². The number of nitrogen functional groups attached to an aromatic ring is 1. The summed E-state index contributed by atoms with van der Waals surface area (Å²) >= 11 is 4.94. The van der Waals surface area contributed by atoms with E-state index >= 15 is 0 Å². The molecule has 0 atom stereocenters. The van der Waals surface area contributed by atoms with E-state index in [2.05, 4.69) is 15.9 Å². The van der Waals surface area contributed by atoms with Gasteiger partial charge in [0.05, 0.1) is 4.88 Å². The fourth-order valence-electron chi connectivity index (χ4n) is 1.41. The second-order valence-corrected chi connectivity index (χ2v) is 5.40. The Labute approximate surface area is 116 Å². The Morgan fingerprint density at radius 3 is 2.83 bits per heavy atom. The van der Waals surface area contributed by atoms with Crippen molar-refractivity contribution in [2.75, 3.05) is 5.73 Å². The van der Waals surface area contributed by atoms with E-state index in [1.54, 1.807) is 23.5 Å². The van der Waals surface area contributed by atoms with E-state index < -0.39 is 5.97 Å². The number of carbonyl (C=O) groups is 1. The lowest BCUT2D eigenvalue weighted by Crippen LogP contribution is -2.04. The largest absolute Gasteiger partial charge is 0.487 e. The summed E-state index contributed by atoms with van der Waals surface area (Å²) in [7, 11) is 0. The third-order valence-corrected chi connectivity index (χ3v) is 4.18. The summed E-state index contributed by atoms with van der Waals surface area (Å²) in [5.74, 6) is -0.737. The number of hydrogen-bond donors (Lipinski definition) is 2. The quantitative estimate of drug-likeness (QED) is 0.844. The first-order valence-electron chi connectivity index (χ1n) is 5.05. The molecule has 94 valence electrons. The second-order valence-electron chi connectivity index (χ2n) is 3.54. The first-order chi connectivity index (χ1) is 8.58. The molecule has 0 fully saturated rings. The van der Waals surface area contributed by atoms with Gasteiger partial charge in [-0.25, -0.2) is 4.79 Å². The molecule has 0 radical (unpaired) electrons. The monoisotopic (exact) mass is 327 g/mol. The predicted octanol–water partition coefficient (Wildman–Crippen LogP) is 3.37. The molecule has 18 heavy (non-hydrogen) atoms. The van der Waals surface area contributed by atoms with Crippen molar-refractivity contribution >= 4 is 38.9 Å². The van der Waals surface area contributed by atoms with Gasteiger partial charge in [-0.15, -0.1) is 11.3 Å². The van der Waals surface area contributed by atoms with Crippen LogP contribution in [0.4, 0.5) is 5.69 Å². The molecule has 1 aromatic carbocycles. The number of carboxylic acid groups (broad SMARTS) is 1. The molecule has 0 bridgehead atoms. The summed E-state index contributed by atoms with van der Waals surface area (Å²) in [5.41, 5.74) is 6.03. The van der Waals surface area contributed by atoms with Crippen molar-refractivity contribution in [2.24, 2.45) is 0 Å². The first-order valence-corrected chi connectivity index (χ1v) is 6.72. The SMILES string of the molecule is Nc1ccc(OCc2sccc2Br)c(C(=O)O)c1. The molecule has 0 aliphatic carbocycles. The van der Waals surface area contributed by atoms with Crippen molar-refractivity contribution < 1.29 is 14.6 Å². The zero-order valence-corrected chi connectivity index (χ0v) is 11.6. The highest BCUT2D eigenvalue weighted by Gasteiger charge is 2.12. The average Bonchev–Trinajstić information content (AvgIpc) is 2.73. The number of aromatic carboxylic acids is 1. The summed E-state index contributed by atoms with van der Waals surface area (Å²) in [6, 6.07) is 6.50. The minimum Gasteiger partial charge on any atom is -0.487 e. The number of ether oxygens (including phenoxy) is 1. The van der Waals surface area contributed by atoms with Gasteiger partial charge in [0, 0.05) is 10.2 Å². The van der Waals surface area contributed by atoms with Crippen LogP contribution in [0.3, 0.4) is 0 Å². The van der Waals surface area contributed by atoms with Gasteiger partial charge >= 0.3 is 5.97 Å². The Hall–Kier alpha value is -1.53. The Morgan fingerprint density at radius 2 is 2.22 bits per heavy atom. The van der Waals surface area contributed by atoms with Crippen LogP contribution in [0, 0.1) is 0 Å². The van der Waals surface area contributed by atoms with Gasteiger partial charge in [-0.05, 0) is 45.6 Å². The Kier molecular flexibility index (Phi) is 3.88. The van der Waals surface area contributed by atoms with E-state index in [1.807, 2.05) is 11.4 Å². The molecule has 0 aliphatic heterocycles. The van der Waals surface area contributed by atoms with Crippen molar-refractivity contribution in [3.63, 3.8) is 0 Å². The van der Waals surface area contributed by atoms with Crippen LogP contribution in [0.1, 0.15) is 15.2 Å². The van der Waals surface area contributed by atoms with Gasteiger partial charge in [-0.3, -0.25) is 0 Å². The molecule has 1 heterocycles. The van der Waals surface area contributed by atoms with E-state index in [0.717, 1.165) is 9.35 Å². The number of benzene rings is 1. The number of halogens is 1. The molecule has 2 aromatic rings. The van der Waals surface area contributed by atoms with Gasteiger partial charge in [0.2, 0.25) is 0 Å². The first kappa shape index (κ1) is 12.9. The third-order valence-electron chi connectivity index (χ3n) is 2.28. The van der Waals surface area contributed by atoms with Crippen LogP contribution in [0.5, 0.6) is 5.75 Å². The van der Waals surface area contributed by atoms with E-state index in [1.165, 1.54) is 6.07 Å². The maximum atomic E-state index is 11.1. The highest BCUT2D eigenvalue weighted by Crippen LogP contribution is 2.26.